The Bertz CT molecular complexity index is 236. The molecule has 2 saturated heterocycles. The Morgan fingerprint density at radius 2 is 2.12 bits per heavy atom. The number of hydrogen-bond donors (Lipinski definition) is 1. The van der Waals surface area contributed by atoms with Crippen LogP contribution in [0.2, 0.25) is 0 Å². The van der Waals surface area contributed by atoms with Gasteiger partial charge in [0.05, 0.1) is 6.04 Å². The molecule has 0 aromatic carbocycles. The lowest BCUT2D eigenvalue weighted by Crippen LogP contribution is -2.46. The molecule has 1 atom stereocenters. The van der Waals surface area contributed by atoms with Crippen molar-refractivity contribution in [3.63, 3.8) is 0 Å². The number of likely N-dealkylation sites (N-methyl/N-ethyl adjacent to an activating group) is 1. The maximum Gasteiger partial charge on any atom is 0.240 e. The number of thioether (sulfide) groups is 1. The Labute approximate surface area is 108 Å². The van der Waals surface area contributed by atoms with Crippen LogP contribution in [0.15, 0.2) is 0 Å². The van der Waals surface area contributed by atoms with Gasteiger partial charge in [0.15, 0.2) is 0 Å². The summed E-state index contributed by atoms with van der Waals surface area (Å²) in [5, 5.41) is 3.24. The Morgan fingerprint density at radius 3 is 2.81 bits per heavy atom. The van der Waals surface area contributed by atoms with Crippen LogP contribution in [-0.2, 0) is 4.79 Å². The zero-order valence-corrected chi connectivity index (χ0v) is 11.3. The van der Waals surface area contributed by atoms with E-state index in [1.807, 2.05) is 16.7 Å². The van der Waals surface area contributed by atoms with Gasteiger partial charge in [0.25, 0.3) is 0 Å². The molecule has 6 heteroatoms. The molecule has 1 amide bonds. The van der Waals surface area contributed by atoms with E-state index in [1.165, 1.54) is 0 Å². The van der Waals surface area contributed by atoms with E-state index in [2.05, 4.69) is 17.3 Å². The monoisotopic (exact) mass is 265 g/mol. The average Bonchev–Trinajstić information content (AvgIpc) is 2.67. The maximum absolute atomic E-state index is 12.1. The molecule has 2 heterocycles. The topological polar surface area (TPSA) is 35.6 Å². The first-order chi connectivity index (χ1) is 7.27. The van der Waals surface area contributed by atoms with Crippen molar-refractivity contribution >= 4 is 30.1 Å². The maximum atomic E-state index is 12.1. The largest absolute Gasteiger partial charge is 0.340 e. The zero-order chi connectivity index (χ0) is 10.7. The molecule has 0 radical (unpaired) electrons. The van der Waals surface area contributed by atoms with Crippen LogP contribution in [0.4, 0.5) is 0 Å². The highest BCUT2D eigenvalue weighted by Crippen LogP contribution is 2.13. The van der Waals surface area contributed by atoms with Gasteiger partial charge in [-0.2, -0.15) is 0 Å². The zero-order valence-electron chi connectivity index (χ0n) is 9.65. The van der Waals surface area contributed by atoms with Crippen LogP contribution in [0.5, 0.6) is 0 Å². The fraction of sp³-hybridized carbons (Fsp3) is 0.900. The minimum absolute atomic E-state index is 0. The number of hydrogen-bond acceptors (Lipinski definition) is 4. The summed E-state index contributed by atoms with van der Waals surface area (Å²) < 4.78 is 0. The molecule has 4 nitrogen and oxygen atoms in total. The molecule has 94 valence electrons. The molecule has 0 aromatic heterocycles. The van der Waals surface area contributed by atoms with Crippen molar-refractivity contribution in [2.45, 2.75) is 12.5 Å². The molecular formula is C10H20ClN3OS. The molecule has 2 fully saturated rings. The van der Waals surface area contributed by atoms with E-state index in [0.717, 1.165) is 44.2 Å². The third kappa shape index (κ3) is 3.52. The average molecular weight is 266 g/mol. The number of rotatable bonds is 1. The lowest BCUT2D eigenvalue weighted by atomic mass is 10.2. The molecule has 0 aromatic rings. The van der Waals surface area contributed by atoms with Crippen LogP contribution in [-0.4, -0.2) is 66.6 Å². The number of nitrogens with one attached hydrogen (secondary N) is 1. The summed E-state index contributed by atoms with van der Waals surface area (Å²) in [5.41, 5.74) is 0. The van der Waals surface area contributed by atoms with E-state index in [1.54, 1.807) is 0 Å². The lowest BCUT2D eigenvalue weighted by molar-refractivity contribution is -0.132. The normalized spacial score (nSPS) is 27.3. The molecule has 2 rings (SSSR count). The molecule has 0 bridgehead atoms. The fourth-order valence-corrected chi connectivity index (χ4v) is 2.97. The highest BCUT2D eigenvalue weighted by atomic mass is 35.5. The van der Waals surface area contributed by atoms with E-state index in [0.29, 0.717) is 5.91 Å². The van der Waals surface area contributed by atoms with Crippen molar-refractivity contribution in [3.05, 3.63) is 0 Å². The minimum Gasteiger partial charge on any atom is -0.340 e. The predicted octanol–water partition coefficient (Wildman–Crippen LogP) is 0.235. The van der Waals surface area contributed by atoms with Crippen LogP contribution >= 0.6 is 24.2 Å². The second kappa shape index (κ2) is 6.69. The molecular weight excluding hydrogens is 246 g/mol. The highest BCUT2D eigenvalue weighted by molar-refractivity contribution is 7.99. The van der Waals surface area contributed by atoms with E-state index >= 15 is 0 Å². The smallest absolute Gasteiger partial charge is 0.240 e. The van der Waals surface area contributed by atoms with Gasteiger partial charge in [-0.1, -0.05) is 0 Å². The first-order valence-corrected chi connectivity index (χ1v) is 6.71. The van der Waals surface area contributed by atoms with E-state index in [4.69, 9.17) is 0 Å². The molecule has 2 aliphatic heterocycles. The Kier molecular flexibility index (Phi) is 5.89. The van der Waals surface area contributed by atoms with Gasteiger partial charge in [-0.3, -0.25) is 10.1 Å². The molecule has 2 aliphatic rings. The molecule has 0 unspecified atom stereocenters. The second-order valence-electron chi connectivity index (χ2n) is 4.25. The molecule has 0 saturated carbocycles. The van der Waals surface area contributed by atoms with Crippen molar-refractivity contribution in [1.29, 1.82) is 0 Å². The number of carbonyl (C=O) groups is 1. The number of nitrogens with zero attached hydrogens (tertiary/aromatic N) is 2. The standard InChI is InChI=1S/C10H19N3OS.ClH/c1-12-3-2-4-13(6-5-12)10(14)9-7-15-8-11-9;/h9,11H,2-8H2,1H3;1H/t9-;/m1./s1. The Morgan fingerprint density at radius 1 is 1.31 bits per heavy atom. The number of halogens is 1. The quantitative estimate of drug-likeness (QED) is 0.737. The van der Waals surface area contributed by atoms with Gasteiger partial charge in [0, 0.05) is 31.3 Å². The Hall–Kier alpha value is 0.0300. The van der Waals surface area contributed by atoms with Crippen LogP contribution < -0.4 is 5.32 Å². The number of amides is 1. The molecule has 1 N–H and O–H groups in total. The van der Waals surface area contributed by atoms with Crippen molar-refractivity contribution in [3.8, 4) is 0 Å². The first kappa shape index (κ1) is 14.1. The second-order valence-corrected chi connectivity index (χ2v) is 5.28. The van der Waals surface area contributed by atoms with Gasteiger partial charge in [0.2, 0.25) is 5.91 Å². The number of carbonyl (C=O) groups excluding carboxylic acids is 1. The predicted molar refractivity (Wildman–Crippen MR) is 70.2 cm³/mol. The van der Waals surface area contributed by atoms with Crippen LogP contribution in [0.25, 0.3) is 0 Å². The lowest BCUT2D eigenvalue weighted by Gasteiger charge is -2.23. The summed E-state index contributed by atoms with van der Waals surface area (Å²) in [6.07, 6.45) is 1.10. The van der Waals surface area contributed by atoms with Crippen LogP contribution in [0.1, 0.15) is 6.42 Å². The molecule has 16 heavy (non-hydrogen) atoms. The summed E-state index contributed by atoms with van der Waals surface area (Å²) in [7, 11) is 2.12. The van der Waals surface area contributed by atoms with Gasteiger partial charge in [-0.15, -0.1) is 24.2 Å². The van der Waals surface area contributed by atoms with E-state index < -0.39 is 0 Å². The third-order valence-electron chi connectivity index (χ3n) is 3.05. The van der Waals surface area contributed by atoms with Gasteiger partial charge in [-0.05, 0) is 20.0 Å². The Balaban J connectivity index is 0.00000128. The SMILES string of the molecule is CN1CCCN(C(=O)[C@H]2CSCN2)CC1.Cl. The van der Waals surface area contributed by atoms with Crippen molar-refractivity contribution in [2.75, 3.05) is 44.9 Å². The summed E-state index contributed by atoms with van der Waals surface area (Å²) in [6.45, 7) is 3.92. The highest BCUT2D eigenvalue weighted by Gasteiger charge is 2.27. The summed E-state index contributed by atoms with van der Waals surface area (Å²) >= 11 is 1.81. The van der Waals surface area contributed by atoms with E-state index in [9.17, 15) is 4.79 Å². The minimum atomic E-state index is 0. The molecule has 0 spiro atoms. The van der Waals surface area contributed by atoms with Crippen LogP contribution in [0.3, 0.4) is 0 Å². The third-order valence-corrected chi connectivity index (χ3v) is 3.99. The van der Waals surface area contributed by atoms with E-state index in [-0.39, 0.29) is 18.4 Å². The van der Waals surface area contributed by atoms with Crippen molar-refractivity contribution in [1.82, 2.24) is 15.1 Å². The van der Waals surface area contributed by atoms with Gasteiger partial charge in [0.1, 0.15) is 0 Å². The summed E-state index contributed by atoms with van der Waals surface area (Å²) in [4.78, 5) is 16.4. The van der Waals surface area contributed by atoms with Gasteiger partial charge >= 0.3 is 0 Å². The summed E-state index contributed by atoms with van der Waals surface area (Å²) in [6, 6.07) is 0.0680. The first-order valence-electron chi connectivity index (χ1n) is 5.56. The van der Waals surface area contributed by atoms with Crippen LogP contribution in [0, 0.1) is 0 Å². The molecule has 0 aliphatic carbocycles. The van der Waals surface area contributed by atoms with Crippen molar-refractivity contribution < 1.29 is 4.79 Å². The fourth-order valence-electron chi connectivity index (χ4n) is 2.04. The van der Waals surface area contributed by atoms with Crippen molar-refractivity contribution in [2.24, 2.45) is 0 Å². The van der Waals surface area contributed by atoms with Gasteiger partial charge in [-0.25, -0.2) is 0 Å². The van der Waals surface area contributed by atoms with Gasteiger partial charge < -0.3 is 9.80 Å². The summed E-state index contributed by atoms with van der Waals surface area (Å²) in [5.74, 6) is 2.16.